The monoisotopic (exact) mass is 561 g/mol. The van der Waals surface area contributed by atoms with Gasteiger partial charge >= 0.3 is 6.09 Å². The van der Waals surface area contributed by atoms with Gasteiger partial charge in [-0.3, -0.25) is 5.01 Å². The van der Waals surface area contributed by atoms with Gasteiger partial charge in [-0.25, -0.2) is 15.6 Å². The Hall–Kier alpha value is -2.84. The molecule has 3 rings (SSSR count). The Kier molecular flexibility index (Phi) is 7.49. The number of hydrogen-bond acceptors (Lipinski definition) is 7. The number of carbonyl (C=O) groups is 1. The maximum Gasteiger partial charge on any atom is 0.410 e. The summed E-state index contributed by atoms with van der Waals surface area (Å²) in [4.78, 5) is 18.4. The number of rotatable bonds is 7. The van der Waals surface area contributed by atoms with E-state index in [0.717, 1.165) is 5.56 Å². The lowest BCUT2D eigenvalue weighted by molar-refractivity contribution is -0.00887. The number of pyridine rings is 1. The molecule has 0 aliphatic carbocycles. The number of likely N-dealkylation sites (tertiary alicyclic amines) is 1. The van der Waals surface area contributed by atoms with E-state index in [0.29, 0.717) is 27.3 Å². The first-order valence-electron chi connectivity index (χ1n) is 10.5. The topological polar surface area (TPSA) is 105 Å². The van der Waals surface area contributed by atoms with Crippen LogP contribution < -0.4 is 15.6 Å². The van der Waals surface area contributed by atoms with Crippen molar-refractivity contribution in [3.63, 3.8) is 0 Å². The molecule has 1 amide bonds. The van der Waals surface area contributed by atoms with Gasteiger partial charge in [0.1, 0.15) is 17.7 Å². The molecule has 0 atom stereocenters. The molecule has 0 spiro atoms. The third-order valence-electron chi connectivity index (χ3n) is 5.18. The summed E-state index contributed by atoms with van der Waals surface area (Å²) in [5.74, 6) is 7.01. The van der Waals surface area contributed by atoms with Gasteiger partial charge in [0.15, 0.2) is 0 Å². The third kappa shape index (κ3) is 5.75. The largest absolute Gasteiger partial charge is 0.472 e. The predicted molar refractivity (Wildman–Crippen MR) is 135 cm³/mol. The SMILES string of the molecule is C=C(I)c1c(N(N)C2(CC#N)CN(C(=O)OC(C)(C)C)C2)ccnc1OCc1ccccc1. The van der Waals surface area contributed by atoms with Gasteiger partial charge in [0, 0.05) is 9.78 Å². The molecule has 0 bridgehead atoms. The van der Waals surface area contributed by atoms with Crippen LogP contribution in [-0.2, 0) is 11.3 Å². The lowest BCUT2D eigenvalue weighted by atomic mass is 9.85. The number of nitriles is 1. The summed E-state index contributed by atoms with van der Waals surface area (Å²) < 4.78 is 12.2. The second kappa shape index (κ2) is 9.97. The molecular formula is C24H28IN5O3. The average Bonchev–Trinajstić information content (AvgIpc) is 2.73. The first kappa shape index (κ1) is 24.8. The average molecular weight is 561 g/mol. The smallest absolute Gasteiger partial charge is 0.410 e. The molecule has 1 saturated heterocycles. The Balaban J connectivity index is 1.85. The molecule has 1 fully saturated rings. The molecule has 9 heteroatoms. The van der Waals surface area contributed by atoms with E-state index in [1.54, 1.807) is 22.2 Å². The minimum absolute atomic E-state index is 0.137. The number of carbonyl (C=O) groups excluding carboxylic acids is 1. The molecule has 1 aromatic heterocycles. The number of amides is 1. The zero-order chi connectivity index (χ0) is 24.2. The summed E-state index contributed by atoms with van der Waals surface area (Å²) in [6, 6.07) is 13.8. The summed E-state index contributed by atoms with van der Waals surface area (Å²) in [7, 11) is 0. The van der Waals surface area contributed by atoms with Crippen LogP contribution >= 0.6 is 22.6 Å². The summed E-state index contributed by atoms with van der Waals surface area (Å²) in [6.45, 7) is 10.4. The van der Waals surface area contributed by atoms with E-state index in [1.165, 1.54) is 0 Å². The molecular weight excluding hydrogens is 533 g/mol. The third-order valence-corrected chi connectivity index (χ3v) is 5.72. The lowest BCUT2D eigenvalue weighted by Crippen LogP contribution is -2.73. The van der Waals surface area contributed by atoms with Crippen LogP contribution in [0.2, 0.25) is 0 Å². The maximum atomic E-state index is 12.5. The number of aromatic nitrogens is 1. The van der Waals surface area contributed by atoms with Crippen molar-refractivity contribution >= 4 is 38.0 Å². The Morgan fingerprint density at radius 3 is 2.58 bits per heavy atom. The number of nitrogens with zero attached hydrogens (tertiary/aromatic N) is 4. The zero-order valence-electron chi connectivity index (χ0n) is 19.0. The first-order valence-corrected chi connectivity index (χ1v) is 11.5. The van der Waals surface area contributed by atoms with E-state index in [4.69, 9.17) is 15.3 Å². The summed E-state index contributed by atoms with van der Waals surface area (Å²) in [5, 5.41) is 11.0. The van der Waals surface area contributed by atoms with E-state index >= 15 is 0 Å². The van der Waals surface area contributed by atoms with Gasteiger partial charge in [-0.15, -0.1) is 0 Å². The van der Waals surface area contributed by atoms with Crippen LogP contribution in [0.4, 0.5) is 10.5 Å². The molecule has 8 nitrogen and oxygen atoms in total. The minimum atomic E-state index is -0.759. The van der Waals surface area contributed by atoms with Gasteiger partial charge in [0.2, 0.25) is 5.88 Å². The van der Waals surface area contributed by atoms with Crippen molar-refractivity contribution in [2.75, 3.05) is 18.1 Å². The quantitative estimate of drug-likeness (QED) is 0.298. The van der Waals surface area contributed by atoms with Gasteiger partial charge < -0.3 is 14.4 Å². The Bertz CT molecular complexity index is 1060. The van der Waals surface area contributed by atoms with Crippen molar-refractivity contribution < 1.29 is 14.3 Å². The lowest BCUT2D eigenvalue weighted by Gasteiger charge is -2.53. The van der Waals surface area contributed by atoms with E-state index in [-0.39, 0.29) is 19.5 Å². The highest BCUT2D eigenvalue weighted by Gasteiger charge is 2.51. The van der Waals surface area contributed by atoms with E-state index in [9.17, 15) is 10.1 Å². The van der Waals surface area contributed by atoms with Crippen LogP contribution in [-0.4, -0.2) is 40.2 Å². The van der Waals surface area contributed by atoms with Crippen molar-refractivity contribution in [3.8, 4) is 11.9 Å². The van der Waals surface area contributed by atoms with Crippen molar-refractivity contribution in [2.45, 2.75) is 44.9 Å². The van der Waals surface area contributed by atoms with E-state index < -0.39 is 17.2 Å². The zero-order valence-corrected chi connectivity index (χ0v) is 21.2. The molecule has 2 aromatic rings. The van der Waals surface area contributed by atoms with Gasteiger partial charge in [-0.2, -0.15) is 5.26 Å². The number of hydrazine groups is 1. The maximum absolute atomic E-state index is 12.5. The fourth-order valence-corrected chi connectivity index (χ4v) is 4.10. The molecule has 0 unspecified atom stereocenters. The van der Waals surface area contributed by atoms with Crippen LogP contribution in [0.15, 0.2) is 49.2 Å². The number of anilines is 1. The van der Waals surface area contributed by atoms with Crippen LogP contribution in [0.1, 0.15) is 38.3 Å². The normalized spacial score (nSPS) is 14.6. The van der Waals surface area contributed by atoms with Crippen LogP contribution in [0, 0.1) is 11.3 Å². The van der Waals surface area contributed by atoms with Crippen LogP contribution in [0.3, 0.4) is 0 Å². The highest BCUT2D eigenvalue weighted by Crippen LogP contribution is 2.41. The van der Waals surface area contributed by atoms with Crippen molar-refractivity contribution in [1.82, 2.24) is 9.88 Å². The molecule has 33 heavy (non-hydrogen) atoms. The van der Waals surface area contributed by atoms with Crippen LogP contribution in [0.25, 0.3) is 3.58 Å². The van der Waals surface area contributed by atoms with Crippen molar-refractivity contribution in [3.05, 3.63) is 60.3 Å². The molecule has 1 aliphatic heterocycles. The van der Waals surface area contributed by atoms with Gasteiger partial charge in [-0.05, 0) is 55.0 Å². The first-order chi connectivity index (χ1) is 15.6. The molecule has 0 radical (unpaired) electrons. The van der Waals surface area contributed by atoms with Crippen molar-refractivity contribution in [2.24, 2.45) is 5.84 Å². The molecule has 0 saturated carbocycles. The number of hydrogen-bond donors (Lipinski definition) is 1. The standard InChI is InChI=1S/C24H28IN5O3/c1-17(25)20-19(10-13-28-21(20)32-14-18-8-6-5-7-9-18)30(27)24(11-12-26)15-29(16-24)22(31)33-23(2,3)4/h5-10,13H,1,11,14-16,27H2,2-4H3. The van der Waals surface area contributed by atoms with Gasteiger partial charge in [0.25, 0.3) is 0 Å². The molecule has 1 aromatic carbocycles. The Morgan fingerprint density at radius 2 is 2.00 bits per heavy atom. The Morgan fingerprint density at radius 1 is 1.33 bits per heavy atom. The van der Waals surface area contributed by atoms with E-state index in [2.05, 4.69) is 40.2 Å². The van der Waals surface area contributed by atoms with Gasteiger partial charge in [0.05, 0.1) is 36.8 Å². The van der Waals surface area contributed by atoms with E-state index in [1.807, 2.05) is 51.1 Å². The molecule has 2 N–H and O–H groups in total. The van der Waals surface area contributed by atoms with Crippen molar-refractivity contribution in [1.29, 1.82) is 5.26 Å². The number of halogens is 1. The fourth-order valence-electron chi connectivity index (χ4n) is 3.60. The predicted octanol–water partition coefficient (Wildman–Crippen LogP) is 4.65. The highest BCUT2D eigenvalue weighted by molar-refractivity contribution is 14.1. The fraction of sp³-hybridized carbons (Fsp3) is 0.375. The minimum Gasteiger partial charge on any atom is -0.472 e. The Labute approximate surface area is 208 Å². The second-order valence-corrected chi connectivity index (χ2v) is 10.3. The van der Waals surface area contributed by atoms with Crippen LogP contribution in [0.5, 0.6) is 5.88 Å². The summed E-state index contributed by atoms with van der Waals surface area (Å²) in [5.41, 5.74) is 0.933. The number of benzene rings is 1. The highest BCUT2D eigenvalue weighted by atomic mass is 127. The second-order valence-electron chi connectivity index (χ2n) is 8.96. The number of nitrogens with two attached hydrogens (primary N) is 1. The summed E-state index contributed by atoms with van der Waals surface area (Å²) >= 11 is 2.11. The summed E-state index contributed by atoms with van der Waals surface area (Å²) in [6.07, 6.45) is 1.33. The van der Waals surface area contributed by atoms with Gasteiger partial charge in [-0.1, -0.05) is 36.9 Å². The molecule has 2 heterocycles. The number of ether oxygens (including phenoxy) is 2. The molecule has 1 aliphatic rings. The molecule has 174 valence electrons.